The average molecular weight is 464 g/mol. The molecule has 25 heavy (non-hydrogen) atoms. The van der Waals surface area contributed by atoms with Crippen LogP contribution in [0.25, 0.3) is 0 Å². The Morgan fingerprint density at radius 2 is 1.84 bits per heavy atom. The summed E-state index contributed by atoms with van der Waals surface area (Å²) in [6.07, 6.45) is 10.8. The predicted molar refractivity (Wildman–Crippen MR) is 118 cm³/mol. The van der Waals surface area contributed by atoms with Crippen molar-refractivity contribution in [2.45, 2.75) is 51.4 Å². The Morgan fingerprint density at radius 3 is 2.36 bits per heavy atom. The highest BCUT2D eigenvalue weighted by atomic mass is 127. The lowest BCUT2D eigenvalue weighted by atomic mass is 9.84. The van der Waals surface area contributed by atoms with Crippen LogP contribution < -0.4 is 5.32 Å². The fraction of sp³-hybridized carbons (Fsp3) is 0.789. The van der Waals surface area contributed by atoms with Crippen LogP contribution in [0.5, 0.6) is 0 Å². The van der Waals surface area contributed by atoms with Gasteiger partial charge in [0.2, 0.25) is 5.91 Å². The monoisotopic (exact) mass is 464 g/mol. The number of nitrogens with one attached hydrogen (secondary N) is 1. The minimum absolute atomic E-state index is 0. The Bertz CT molecular complexity index is 431. The van der Waals surface area contributed by atoms with E-state index in [2.05, 4.69) is 28.8 Å². The van der Waals surface area contributed by atoms with Gasteiger partial charge in [0.25, 0.3) is 0 Å². The molecule has 1 fully saturated rings. The zero-order valence-electron chi connectivity index (χ0n) is 16.5. The normalized spacial score (nSPS) is 16.1. The van der Waals surface area contributed by atoms with Crippen molar-refractivity contribution in [2.24, 2.45) is 10.4 Å². The van der Waals surface area contributed by atoms with Crippen molar-refractivity contribution in [3.05, 3.63) is 12.7 Å². The van der Waals surface area contributed by atoms with Gasteiger partial charge in [-0.1, -0.05) is 25.3 Å². The van der Waals surface area contributed by atoms with E-state index in [0.717, 1.165) is 51.0 Å². The first kappa shape index (κ1) is 24.2. The molecule has 0 saturated heterocycles. The van der Waals surface area contributed by atoms with Gasteiger partial charge in [0.1, 0.15) is 0 Å². The van der Waals surface area contributed by atoms with Crippen LogP contribution in [0.1, 0.15) is 51.4 Å². The van der Waals surface area contributed by atoms with Crippen molar-refractivity contribution in [2.75, 3.05) is 41.3 Å². The highest BCUT2D eigenvalue weighted by molar-refractivity contribution is 14.0. The molecule has 0 aromatic carbocycles. The zero-order valence-corrected chi connectivity index (χ0v) is 18.8. The van der Waals surface area contributed by atoms with Gasteiger partial charge in [-0.25, -0.2) is 0 Å². The number of aliphatic imine (C=N–C) groups is 1. The molecule has 1 saturated carbocycles. The van der Waals surface area contributed by atoms with Gasteiger partial charge < -0.3 is 15.1 Å². The van der Waals surface area contributed by atoms with Crippen LogP contribution in [0, 0.1) is 5.41 Å². The number of carbonyl (C=O) groups excluding carboxylic acids is 1. The topological polar surface area (TPSA) is 47.9 Å². The van der Waals surface area contributed by atoms with Crippen molar-refractivity contribution < 1.29 is 4.79 Å². The molecule has 0 aliphatic heterocycles. The number of guanidine groups is 1. The summed E-state index contributed by atoms with van der Waals surface area (Å²) in [6.45, 7) is 5.42. The summed E-state index contributed by atoms with van der Waals surface area (Å²) in [6, 6.07) is 0. The van der Waals surface area contributed by atoms with E-state index in [9.17, 15) is 4.79 Å². The van der Waals surface area contributed by atoms with Crippen molar-refractivity contribution in [3.8, 4) is 0 Å². The molecule has 6 heteroatoms. The van der Waals surface area contributed by atoms with Crippen LogP contribution in [0.2, 0.25) is 0 Å². The first-order chi connectivity index (χ1) is 11.5. The Balaban J connectivity index is 0.00000576. The Kier molecular flexibility index (Phi) is 12.1. The molecule has 0 unspecified atom stereocenters. The molecule has 1 rings (SSSR count). The van der Waals surface area contributed by atoms with Crippen LogP contribution in [0.15, 0.2) is 17.6 Å². The van der Waals surface area contributed by atoms with Gasteiger partial charge in [0.15, 0.2) is 5.96 Å². The Labute approximate surface area is 171 Å². The molecule has 0 atom stereocenters. The summed E-state index contributed by atoms with van der Waals surface area (Å²) in [7, 11) is 7.59. The quantitative estimate of drug-likeness (QED) is 0.187. The predicted octanol–water partition coefficient (Wildman–Crippen LogP) is 3.51. The second-order valence-electron chi connectivity index (χ2n) is 7.15. The molecule has 0 heterocycles. The standard InChI is InChI=1S/C19H36N4O.HI/c1-6-7-8-9-12-15-23(5)18(20-2)21-16-19(13-10-11-14-19)17(24)22(3)4;/h6H,1,7-16H2,2-5H3,(H,20,21);1H. The smallest absolute Gasteiger partial charge is 0.230 e. The van der Waals surface area contributed by atoms with Gasteiger partial charge in [0.05, 0.1) is 5.41 Å². The van der Waals surface area contributed by atoms with E-state index < -0.39 is 0 Å². The van der Waals surface area contributed by atoms with Crippen molar-refractivity contribution in [1.29, 1.82) is 0 Å². The van der Waals surface area contributed by atoms with Crippen LogP contribution in [0.4, 0.5) is 0 Å². The van der Waals surface area contributed by atoms with Crippen LogP contribution in [-0.2, 0) is 4.79 Å². The van der Waals surface area contributed by atoms with Crippen LogP contribution in [0.3, 0.4) is 0 Å². The van der Waals surface area contributed by atoms with Gasteiger partial charge >= 0.3 is 0 Å². The minimum Gasteiger partial charge on any atom is -0.355 e. The van der Waals surface area contributed by atoms with Crippen molar-refractivity contribution in [3.63, 3.8) is 0 Å². The summed E-state index contributed by atoms with van der Waals surface area (Å²) in [4.78, 5) is 20.9. The maximum absolute atomic E-state index is 12.6. The number of amides is 1. The van der Waals surface area contributed by atoms with E-state index in [0.29, 0.717) is 6.54 Å². The van der Waals surface area contributed by atoms with E-state index in [-0.39, 0.29) is 35.3 Å². The third kappa shape index (κ3) is 7.54. The summed E-state index contributed by atoms with van der Waals surface area (Å²) >= 11 is 0. The van der Waals surface area contributed by atoms with Gasteiger partial charge in [-0.3, -0.25) is 9.79 Å². The molecule has 1 aliphatic carbocycles. The fourth-order valence-electron chi connectivity index (χ4n) is 3.55. The molecule has 0 aromatic heterocycles. The molecule has 1 N–H and O–H groups in total. The molecule has 5 nitrogen and oxygen atoms in total. The second kappa shape index (κ2) is 12.5. The number of unbranched alkanes of at least 4 members (excludes halogenated alkanes) is 3. The van der Waals surface area contributed by atoms with E-state index in [1.807, 2.05) is 27.2 Å². The number of halogens is 1. The maximum atomic E-state index is 12.6. The molecule has 0 bridgehead atoms. The molecule has 146 valence electrons. The number of nitrogens with zero attached hydrogens (tertiary/aromatic N) is 3. The maximum Gasteiger partial charge on any atom is 0.230 e. The fourth-order valence-corrected chi connectivity index (χ4v) is 3.55. The lowest BCUT2D eigenvalue weighted by Gasteiger charge is -2.32. The molecular formula is C19H37IN4O. The third-order valence-electron chi connectivity index (χ3n) is 4.98. The number of hydrogen-bond donors (Lipinski definition) is 1. The zero-order chi connectivity index (χ0) is 18.0. The van der Waals surface area contributed by atoms with Gasteiger partial charge in [-0.2, -0.15) is 0 Å². The number of carbonyl (C=O) groups is 1. The highest BCUT2D eigenvalue weighted by Gasteiger charge is 2.42. The van der Waals surface area contributed by atoms with E-state index in [1.165, 1.54) is 12.8 Å². The number of allylic oxidation sites excluding steroid dienone is 1. The van der Waals surface area contributed by atoms with Gasteiger partial charge in [-0.05, 0) is 32.1 Å². The highest BCUT2D eigenvalue weighted by Crippen LogP contribution is 2.38. The first-order valence-electron chi connectivity index (χ1n) is 9.21. The van der Waals surface area contributed by atoms with E-state index >= 15 is 0 Å². The number of hydrogen-bond acceptors (Lipinski definition) is 2. The summed E-state index contributed by atoms with van der Waals surface area (Å²) in [5.41, 5.74) is -0.260. The molecular weight excluding hydrogens is 427 g/mol. The largest absolute Gasteiger partial charge is 0.355 e. The average Bonchev–Trinajstić information content (AvgIpc) is 3.04. The van der Waals surface area contributed by atoms with Crippen LogP contribution in [-0.4, -0.2) is 62.9 Å². The van der Waals surface area contributed by atoms with Crippen molar-refractivity contribution >= 4 is 35.8 Å². The van der Waals surface area contributed by atoms with E-state index in [4.69, 9.17) is 0 Å². The molecule has 0 aromatic rings. The van der Waals surface area contributed by atoms with Crippen LogP contribution >= 0.6 is 24.0 Å². The Hall–Kier alpha value is -0.790. The molecule has 0 radical (unpaired) electrons. The lowest BCUT2D eigenvalue weighted by molar-refractivity contribution is -0.138. The molecule has 1 amide bonds. The summed E-state index contributed by atoms with van der Waals surface area (Å²) in [5, 5.41) is 3.45. The Morgan fingerprint density at radius 1 is 1.20 bits per heavy atom. The van der Waals surface area contributed by atoms with Crippen molar-refractivity contribution in [1.82, 2.24) is 15.1 Å². The summed E-state index contributed by atoms with van der Waals surface area (Å²) in [5.74, 6) is 1.13. The summed E-state index contributed by atoms with van der Waals surface area (Å²) < 4.78 is 0. The van der Waals surface area contributed by atoms with E-state index in [1.54, 1.807) is 4.90 Å². The molecule has 1 aliphatic rings. The lowest BCUT2D eigenvalue weighted by Crippen LogP contribution is -2.49. The third-order valence-corrected chi connectivity index (χ3v) is 4.98. The SMILES string of the molecule is C=CCCCCCN(C)C(=NC)NCC1(C(=O)N(C)C)CCCC1.I. The van der Waals surface area contributed by atoms with Gasteiger partial charge in [-0.15, -0.1) is 30.6 Å². The minimum atomic E-state index is -0.260. The first-order valence-corrected chi connectivity index (χ1v) is 9.21. The van der Waals surface area contributed by atoms with Gasteiger partial charge in [0, 0.05) is 41.3 Å². The number of rotatable bonds is 9. The second-order valence-corrected chi connectivity index (χ2v) is 7.15. The molecule has 0 spiro atoms.